The molecule has 0 saturated carbocycles. The average Bonchev–Trinajstić information content (AvgIpc) is 3.60. The highest BCUT2D eigenvalue weighted by atomic mass is 31.1. The van der Waals surface area contributed by atoms with E-state index in [1.165, 1.54) is 13.3 Å². The van der Waals surface area contributed by atoms with E-state index < -0.39 is 57.6 Å². The number of rotatable bonds is 23. The van der Waals surface area contributed by atoms with Gasteiger partial charge in [0.05, 0.1) is 43.8 Å². The van der Waals surface area contributed by atoms with Gasteiger partial charge < -0.3 is 49.7 Å². The molecular formula is C30H48FN5O11P+. The van der Waals surface area contributed by atoms with Crippen LogP contribution in [0.15, 0.2) is 18.5 Å². The molecule has 0 aliphatic carbocycles. The Kier molecular flexibility index (Phi) is 17.5. The number of amides is 2. The number of carbonyl (C=O) groups excluding carboxylic acids is 2. The highest BCUT2D eigenvalue weighted by Gasteiger charge is 2.51. The molecular weight excluding hydrogens is 656 g/mol. The number of hydrogen-bond acceptors (Lipinski definition) is 13. The monoisotopic (exact) mass is 704 g/mol. The smallest absolute Gasteiger partial charge is 0.447 e. The summed E-state index contributed by atoms with van der Waals surface area (Å²) >= 11 is 0. The fourth-order valence-corrected chi connectivity index (χ4v) is 5.49. The molecule has 0 bridgehead atoms. The van der Waals surface area contributed by atoms with Crippen molar-refractivity contribution >= 4 is 31.3 Å². The lowest BCUT2D eigenvalue weighted by Crippen LogP contribution is -2.37. The Bertz CT molecular complexity index is 1310. The third-order valence-electron chi connectivity index (χ3n) is 7.31. The molecule has 18 heteroatoms. The molecule has 5 N–H and O–H groups in total. The molecule has 0 spiro atoms. The molecule has 1 fully saturated rings. The Morgan fingerprint density at radius 3 is 2.44 bits per heavy atom. The highest BCUT2D eigenvalue weighted by Crippen LogP contribution is 2.39. The summed E-state index contributed by atoms with van der Waals surface area (Å²) in [6, 6.07) is 3.83. The predicted molar refractivity (Wildman–Crippen MR) is 171 cm³/mol. The molecule has 0 radical (unpaired) electrons. The van der Waals surface area contributed by atoms with Crippen molar-refractivity contribution in [1.29, 1.82) is 0 Å². The molecule has 3 rings (SSSR count). The van der Waals surface area contributed by atoms with Crippen molar-refractivity contribution < 1.29 is 56.4 Å². The summed E-state index contributed by atoms with van der Waals surface area (Å²) in [5.74, 6) is -0.841. The number of benzene rings is 1. The first-order valence-corrected chi connectivity index (χ1v) is 17.0. The van der Waals surface area contributed by atoms with Crippen molar-refractivity contribution in [3.8, 4) is 0 Å². The van der Waals surface area contributed by atoms with E-state index >= 15 is 0 Å². The minimum absolute atomic E-state index is 0.115. The number of hydrogen-bond donors (Lipinski definition) is 4. The third-order valence-corrected chi connectivity index (χ3v) is 8.25. The molecule has 4 unspecified atom stereocenters. The number of alkyl carbamates (subject to hydrolysis) is 1. The van der Waals surface area contributed by atoms with E-state index in [9.17, 15) is 23.7 Å². The van der Waals surface area contributed by atoms with Crippen LogP contribution in [-0.4, -0.2) is 124 Å². The summed E-state index contributed by atoms with van der Waals surface area (Å²) in [6.07, 6.45) is -3.34. The first kappa shape index (κ1) is 39.6. The van der Waals surface area contributed by atoms with Crippen LogP contribution < -0.4 is 16.4 Å². The van der Waals surface area contributed by atoms with Gasteiger partial charge in [0.15, 0.2) is 19.0 Å². The van der Waals surface area contributed by atoms with E-state index in [1.54, 1.807) is 4.57 Å². The number of alkyl halides is 1. The van der Waals surface area contributed by atoms with Crippen LogP contribution in [0, 0.1) is 13.8 Å². The quantitative estimate of drug-likeness (QED) is 0.0967. The number of aliphatic hydroxyl groups is 1. The van der Waals surface area contributed by atoms with Gasteiger partial charge in [0.2, 0.25) is 0 Å². The summed E-state index contributed by atoms with van der Waals surface area (Å²) in [5.41, 5.74) is 8.83. The van der Waals surface area contributed by atoms with Crippen molar-refractivity contribution in [2.45, 2.75) is 64.3 Å². The van der Waals surface area contributed by atoms with Gasteiger partial charge in [-0.05, 0) is 63.4 Å². The summed E-state index contributed by atoms with van der Waals surface area (Å²) in [4.78, 5) is 28.0. The number of aliphatic hydroxyl groups excluding tert-OH is 1. The number of nitrogens with two attached hydrogens (primary N) is 1. The van der Waals surface area contributed by atoms with Gasteiger partial charge in [0, 0.05) is 30.9 Å². The molecule has 1 aliphatic heterocycles. The summed E-state index contributed by atoms with van der Waals surface area (Å²) in [5, 5.41) is 16.2. The van der Waals surface area contributed by atoms with E-state index in [0.717, 1.165) is 17.5 Å². The van der Waals surface area contributed by atoms with E-state index in [0.29, 0.717) is 63.6 Å². The molecule has 2 aromatic rings. The van der Waals surface area contributed by atoms with Gasteiger partial charge in [0.25, 0.3) is 5.91 Å². The average molecular weight is 705 g/mol. The van der Waals surface area contributed by atoms with Gasteiger partial charge in [0.1, 0.15) is 24.9 Å². The van der Waals surface area contributed by atoms with Gasteiger partial charge in [-0.25, -0.2) is 14.2 Å². The maximum absolute atomic E-state index is 12.8. The maximum atomic E-state index is 12.8. The normalized spacial score (nSPS) is 20.2. The topological polar surface area (TPSA) is 204 Å². The van der Waals surface area contributed by atoms with Gasteiger partial charge in [-0.15, -0.1) is 9.05 Å². The third kappa shape index (κ3) is 12.9. The number of imidazole rings is 1. The van der Waals surface area contributed by atoms with Crippen LogP contribution in [-0.2, 0) is 42.1 Å². The molecule has 16 nitrogen and oxygen atoms in total. The fraction of sp³-hybridized carbons (Fsp3) is 0.700. The molecule has 6 atom stereocenters. The zero-order valence-corrected chi connectivity index (χ0v) is 28.5. The number of fused-ring (bicyclic) bond motifs is 1. The van der Waals surface area contributed by atoms with Gasteiger partial charge in [-0.1, -0.05) is 0 Å². The fourth-order valence-electron chi connectivity index (χ4n) is 4.61. The number of halogens is 1. The maximum Gasteiger partial charge on any atom is 0.698 e. The number of nitrogens with one attached hydrogen (secondary N) is 2. The van der Waals surface area contributed by atoms with Crippen molar-refractivity contribution in [2.75, 3.05) is 72.6 Å². The molecule has 2 heterocycles. The second kappa shape index (κ2) is 21.3. The van der Waals surface area contributed by atoms with Gasteiger partial charge in [-0.3, -0.25) is 4.79 Å². The van der Waals surface area contributed by atoms with E-state index in [-0.39, 0.29) is 19.7 Å². The second-order valence-electron chi connectivity index (χ2n) is 11.1. The van der Waals surface area contributed by atoms with Crippen molar-refractivity contribution in [1.82, 2.24) is 20.2 Å². The molecule has 1 aromatic heterocycles. The lowest BCUT2D eigenvalue weighted by atomic mass is 10.1. The van der Waals surface area contributed by atoms with Crippen LogP contribution in [0.2, 0.25) is 0 Å². The Labute approximate surface area is 280 Å². The molecule has 1 aromatic carbocycles. The highest BCUT2D eigenvalue weighted by molar-refractivity contribution is 7.33. The molecule has 1 saturated heterocycles. The summed E-state index contributed by atoms with van der Waals surface area (Å²) in [7, 11) is -2.84. The van der Waals surface area contributed by atoms with Crippen molar-refractivity contribution in [3.63, 3.8) is 0 Å². The number of nitrogens with zero attached hydrogens (tertiary/aromatic N) is 2. The minimum atomic E-state index is -2.84. The van der Waals surface area contributed by atoms with Gasteiger partial charge in [-0.2, -0.15) is 0 Å². The first-order chi connectivity index (χ1) is 23.1. The second-order valence-corrected chi connectivity index (χ2v) is 12.0. The molecule has 48 heavy (non-hydrogen) atoms. The van der Waals surface area contributed by atoms with E-state index in [1.807, 2.05) is 26.0 Å². The zero-order chi connectivity index (χ0) is 34.9. The van der Waals surface area contributed by atoms with Crippen LogP contribution in [0.25, 0.3) is 11.0 Å². The number of aryl methyl sites for hydroxylation is 2. The lowest BCUT2D eigenvalue weighted by molar-refractivity contribution is -0.122. The van der Waals surface area contributed by atoms with Crippen molar-refractivity contribution in [2.24, 2.45) is 5.73 Å². The summed E-state index contributed by atoms with van der Waals surface area (Å²) < 4.78 is 65.4. The Morgan fingerprint density at radius 1 is 1.08 bits per heavy atom. The Balaban J connectivity index is 1.49. The largest absolute Gasteiger partial charge is 0.698 e. The Hall–Kier alpha value is -2.86. The van der Waals surface area contributed by atoms with Crippen LogP contribution in [0.5, 0.6) is 0 Å². The van der Waals surface area contributed by atoms with Crippen LogP contribution in [0.4, 0.5) is 9.18 Å². The van der Waals surface area contributed by atoms with Crippen LogP contribution >= 0.6 is 8.25 Å². The van der Waals surface area contributed by atoms with Crippen LogP contribution in [0.3, 0.4) is 0 Å². The minimum Gasteiger partial charge on any atom is -0.447 e. The molecule has 270 valence electrons. The number of ether oxygens (including phenoxy) is 5. The molecule has 1 aliphatic rings. The first-order valence-electron chi connectivity index (χ1n) is 15.9. The number of carbonyl (C=O) groups is 2. The standard InChI is InChI=1S/C30H47FN5O11P/c1-20-14-23-24(15-21(20)2)36(19-35-23)29-27(38)28(47-48(40)46-22(3)17-34-26(37)16-31)25(45-29)18-44-30(39)33-7-5-9-42-11-13-43-12-10-41-8-4-6-32/h14-15,19,22,25,27-29,38H,4-13,16-18,32H2,1-3H3,(H-,33,34,37,39)/p+1/t22?,25-,27?,28?,29+/m1/s1. The van der Waals surface area contributed by atoms with Gasteiger partial charge >= 0.3 is 14.3 Å². The summed E-state index contributed by atoms with van der Waals surface area (Å²) in [6.45, 7) is 7.44. The van der Waals surface area contributed by atoms with E-state index in [2.05, 4.69) is 15.6 Å². The zero-order valence-electron chi connectivity index (χ0n) is 27.6. The SMILES string of the molecule is Cc1cc2ncn([C@H]3O[C@H](COC(=O)NCCCOCCOCCOCCCN)C(O[P+](=O)OC(C)CNC(=O)CF)C3O)c2cc1C. The lowest BCUT2D eigenvalue weighted by Gasteiger charge is -2.17. The Morgan fingerprint density at radius 2 is 1.75 bits per heavy atom. The van der Waals surface area contributed by atoms with E-state index in [4.69, 9.17) is 38.5 Å². The number of aromatic nitrogens is 2. The predicted octanol–water partition coefficient (Wildman–Crippen LogP) is 1.96. The van der Waals surface area contributed by atoms with Crippen LogP contribution in [0.1, 0.15) is 37.1 Å². The van der Waals surface area contributed by atoms with Crippen molar-refractivity contribution in [3.05, 3.63) is 29.6 Å². The molecule has 2 amide bonds.